The van der Waals surface area contributed by atoms with Crippen LogP contribution in [0.2, 0.25) is 0 Å². The highest BCUT2D eigenvalue weighted by molar-refractivity contribution is 5.95. The summed E-state index contributed by atoms with van der Waals surface area (Å²) >= 11 is 0. The van der Waals surface area contributed by atoms with Crippen LogP contribution >= 0.6 is 0 Å². The van der Waals surface area contributed by atoms with Gasteiger partial charge in [-0.15, -0.1) is 0 Å². The summed E-state index contributed by atoms with van der Waals surface area (Å²) in [6.45, 7) is 6.51. The molecule has 0 spiro atoms. The van der Waals surface area contributed by atoms with E-state index >= 15 is 0 Å². The number of amides is 1. The molecule has 1 aromatic rings. The topological polar surface area (TPSA) is 87.2 Å². The van der Waals surface area contributed by atoms with Gasteiger partial charge in [0.05, 0.1) is 17.4 Å². The van der Waals surface area contributed by atoms with Crippen LogP contribution < -0.4 is 0 Å². The Labute approximate surface area is 124 Å². The minimum absolute atomic E-state index is 0.0943. The molecule has 0 N–H and O–H groups in total. The van der Waals surface area contributed by atoms with Crippen molar-refractivity contribution in [3.63, 3.8) is 0 Å². The van der Waals surface area contributed by atoms with Crippen LogP contribution in [0, 0.1) is 34.3 Å². The van der Waals surface area contributed by atoms with Crippen molar-refractivity contribution in [1.29, 1.82) is 5.26 Å². The van der Waals surface area contributed by atoms with Gasteiger partial charge in [-0.1, -0.05) is 13.8 Å². The third-order valence-electron chi connectivity index (χ3n) is 2.89. The predicted octanol–water partition coefficient (Wildman–Crippen LogP) is 2.92. The maximum absolute atomic E-state index is 12.5. The molecule has 21 heavy (non-hydrogen) atoms. The monoisotopic (exact) mass is 289 g/mol. The summed E-state index contributed by atoms with van der Waals surface area (Å²) in [6.07, 6.45) is 0.242. The van der Waals surface area contributed by atoms with E-state index in [4.69, 9.17) is 5.26 Å². The molecule has 0 aliphatic heterocycles. The number of nitrogens with zero attached hydrogens (tertiary/aromatic N) is 3. The van der Waals surface area contributed by atoms with Crippen molar-refractivity contribution >= 4 is 11.6 Å². The van der Waals surface area contributed by atoms with Gasteiger partial charge in [-0.25, -0.2) is 0 Å². The molecule has 0 aliphatic rings. The normalized spacial score (nSPS) is 10.2. The second-order valence-corrected chi connectivity index (χ2v) is 5.37. The van der Waals surface area contributed by atoms with Gasteiger partial charge in [-0.3, -0.25) is 14.9 Å². The highest BCUT2D eigenvalue weighted by atomic mass is 16.6. The van der Waals surface area contributed by atoms with E-state index in [0.29, 0.717) is 24.2 Å². The fourth-order valence-corrected chi connectivity index (χ4v) is 2.08. The van der Waals surface area contributed by atoms with Crippen LogP contribution in [0.3, 0.4) is 0 Å². The molecule has 0 fully saturated rings. The van der Waals surface area contributed by atoms with Gasteiger partial charge in [0.2, 0.25) is 0 Å². The standard InChI is InChI=1S/C15H19N3O3/c1-11(2)10-17(6-4-5-16)15(19)13-7-12(3)8-14(9-13)18(20)21/h7-9,11H,4,6,10H2,1-3H3. The Morgan fingerprint density at radius 2 is 2.10 bits per heavy atom. The number of carbonyl (C=O) groups is 1. The van der Waals surface area contributed by atoms with Gasteiger partial charge >= 0.3 is 0 Å². The van der Waals surface area contributed by atoms with Crippen molar-refractivity contribution in [1.82, 2.24) is 4.90 Å². The van der Waals surface area contributed by atoms with Crippen LogP contribution in [0.15, 0.2) is 18.2 Å². The summed E-state index contributed by atoms with van der Waals surface area (Å²) in [7, 11) is 0. The number of hydrogen-bond acceptors (Lipinski definition) is 4. The number of nitro groups is 1. The van der Waals surface area contributed by atoms with E-state index in [-0.39, 0.29) is 23.9 Å². The van der Waals surface area contributed by atoms with Crippen molar-refractivity contribution in [2.24, 2.45) is 5.92 Å². The summed E-state index contributed by atoms with van der Waals surface area (Å²) in [5.41, 5.74) is 0.862. The molecule has 0 radical (unpaired) electrons. The first kappa shape index (κ1) is 16.6. The van der Waals surface area contributed by atoms with Gasteiger partial charge in [-0.2, -0.15) is 5.26 Å². The number of non-ortho nitro benzene ring substituents is 1. The SMILES string of the molecule is Cc1cc(C(=O)N(CCC#N)CC(C)C)cc([N+](=O)[O-])c1. The van der Waals surface area contributed by atoms with E-state index < -0.39 is 4.92 Å². The molecular formula is C15H19N3O3. The zero-order chi connectivity index (χ0) is 16.0. The molecule has 0 atom stereocenters. The molecule has 112 valence electrons. The second kappa shape index (κ2) is 7.39. The number of benzene rings is 1. The molecular weight excluding hydrogens is 270 g/mol. The Bertz CT molecular complexity index is 576. The third-order valence-corrected chi connectivity index (χ3v) is 2.89. The first-order chi connectivity index (χ1) is 9.85. The third kappa shape index (κ3) is 4.88. The molecule has 1 amide bonds. The Balaban J connectivity index is 3.07. The fourth-order valence-electron chi connectivity index (χ4n) is 2.08. The van der Waals surface area contributed by atoms with Gasteiger partial charge in [0.25, 0.3) is 11.6 Å². The highest BCUT2D eigenvalue weighted by Gasteiger charge is 2.19. The van der Waals surface area contributed by atoms with Gasteiger partial charge in [0.15, 0.2) is 0 Å². The molecule has 1 rings (SSSR count). The number of aryl methyl sites for hydroxylation is 1. The average Bonchev–Trinajstić information content (AvgIpc) is 2.41. The molecule has 0 unspecified atom stereocenters. The van der Waals surface area contributed by atoms with Crippen molar-refractivity contribution in [2.75, 3.05) is 13.1 Å². The average molecular weight is 289 g/mol. The first-order valence-corrected chi connectivity index (χ1v) is 6.77. The van der Waals surface area contributed by atoms with Crippen molar-refractivity contribution in [3.05, 3.63) is 39.4 Å². The molecule has 6 heteroatoms. The second-order valence-electron chi connectivity index (χ2n) is 5.37. The molecule has 6 nitrogen and oxygen atoms in total. The van der Waals surface area contributed by atoms with E-state index in [0.717, 1.165) is 0 Å². The lowest BCUT2D eigenvalue weighted by Crippen LogP contribution is -2.35. The van der Waals surface area contributed by atoms with E-state index in [1.54, 1.807) is 17.9 Å². The van der Waals surface area contributed by atoms with Gasteiger partial charge in [-0.05, 0) is 24.5 Å². The van der Waals surface area contributed by atoms with E-state index in [2.05, 4.69) is 0 Å². The van der Waals surface area contributed by atoms with Crippen LogP contribution in [-0.2, 0) is 0 Å². The maximum Gasteiger partial charge on any atom is 0.270 e. The van der Waals surface area contributed by atoms with Crippen LogP contribution in [0.5, 0.6) is 0 Å². The lowest BCUT2D eigenvalue weighted by atomic mass is 10.1. The molecule has 0 heterocycles. The van der Waals surface area contributed by atoms with Crippen LogP contribution in [0.4, 0.5) is 5.69 Å². The van der Waals surface area contributed by atoms with E-state index in [9.17, 15) is 14.9 Å². The summed E-state index contributed by atoms with van der Waals surface area (Å²) in [5.74, 6) is -0.0156. The number of rotatable bonds is 6. The summed E-state index contributed by atoms with van der Waals surface area (Å²) in [5, 5.41) is 19.6. The summed E-state index contributed by atoms with van der Waals surface area (Å²) in [4.78, 5) is 24.5. The summed E-state index contributed by atoms with van der Waals surface area (Å²) < 4.78 is 0. The quantitative estimate of drug-likeness (QED) is 0.595. The Morgan fingerprint density at radius 1 is 1.43 bits per heavy atom. The van der Waals surface area contributed by atoms with Gasteiger partial charge < -0.3 is 4.90 Å². The fraction of sp³-hybridized carbons (Fsp3) is 0.467. The minimum atomic E-state index is -0.508. The number of hydrogen-bond donors (Lipinski definition) is 0. The van der Waals surface area contributed by atoms with E-state index in [1.807, 2.05) is 19.9 Å². The first-order valence-electron chi connectivity index (χ1n) is 6.77. The zero-order valence-electron chi connectivity index (χ0n) is 12.5. The molecule has 1 aromatic carbocycles. The van der Waals surface area contributed by atoms with Gasteiger partial charge in [0, 0.05) is 30.8 Å². The van der Waals surface area contributed by atoms with Crippen LogP contribution in [0.25, 0.3) is 0 Å². The Kier molecular flexibility index (Phi) is 5.85. The lowest BCUT2D eigenvalue weighted by molar-refractivity contribution is -0.384. The smallest absolute Gasteiger partial charge is 0.270 e. The minimum Gasteiger partial charge on any atom is -0.337 e. The largest absolute Gasteiger partial charge is 0.337 e. The Hall–Kier alpha value is -2.42. The zero-order valence-corrected chi connectivity index (χ0v) is 12.5. The molecule has 0 saturated heterocycles. The van der Waals surface area contributed by atoms with Crippen LogP contribution in [-0.4, -0.2) is 28.8 Å². The van der Waals surface area contributed by atoms with Crippen molar-refractivity contribution in [2.45, 2.75) is 27.2 Å². The molecule has 0 aliphatic carbocycles. The molecule has 0 bridgehead atoms. The lowest BCUT2D eigenvalue weighted by Gasteiger charge is -2.23. The number of nitriles is 1. The number of nitro benzene ring substituents is 1. The number of carbonyl (C=O) groups excluding carboxylic acids is 1. The molecule has 0 saturated carbocycles. The van der Waals surface area contributed by atoms with Crippen molar-refractivity contribution < 1.29 is 9.72 Å². The van der Waals surface area contributed by atoms with Crippen LogP contribution in [0.1, 0.15) is 36.2 Å². The molecule has 0 aromatic heterocycles. The maximum atomic E-state index is 12.5. The van der Waals surface area contributed by atoms with Crippen molar-refractivity contribution in [3.8, 4) is 6.07 Å². The highest BCUT2D eigenvalue weighted by Crippen LogP contribution is 2.18. The Morgan fingerprint density at radius 3 is 2.62 bits per heavy atom. The summed E-state index contributed by atoms with van der Waals surface area (Å²) in [6, 6.07) is 6.37. The van der Waals surface area contributed by atoms with E-state index in [1.165, 1.54) is 12.1 Å². The predicted molar refractivity (Wildman–Crippen MR) is 78.8 cm³/mol. The van der Waals surface area contributed by atoms with Gasteiger partial charge in [0.1, 0.15) is 0 Å².